The molecule has 1 saturated heterocycles. The van der Waals surface area contributed by atoms with Crippen LogP contribution in [0.5, 0.6) is 0 Å². The number of halogens is 1. The highest BCUT2D eigenvalue weighted by Gasteiger charge is 2.17. The normalized spacial score (nSPS) is 20.9. The van der Waals surface area contributed by atoms with Crippen LogP contribution in [0.15, 0.2) is 22.7 Å². The number of nitrogens with zero attached hydrogens (tertiary/aromatic N) is 1. The average molecular weight is 234 g/mol. The first-order chi connectivity index (χ1) is 8.33. The molecule has 1 N–H and O–H groups in total. The lowest BCUT2D eigenvalue weighted by Gasteiger charge is -2.21. The highest BCUT2D eigenvalue weighted by atomic mass is 19.1. The van der Waals surface area contributed by atoms with Gasteiger partial charge < -0.3 is 9.84 Å². The van der Waals surface area contributed by atoms with Crippen molar-refractivity contribution < 1.29 is 8.91 Å². The van der Waals surface area contributed by atoms with Crippen LogP contribution in [0.25, 0.3) is 11.0 Å². The number of piperidine rings is 1. The second-order valence-electron chi connectivity index (χ2n) is 4.69. The second kappa shape index (κ2) is 4.45. The maximum absolute atomic E-state index is 13.0. The van der Waals surface area contributed by atoms with Crippen LogP contribution in [0.1, 0.15) is 18.5 Å². The topological polar surface area (TPSA) is 38.1 Å². The lowest BCUT2D eigenvalue weighted by Crippen LogP contribution is -2.30. The van der Waals surface area contributed by atoms with Crippen molar-refractivity contribution in [2.45, 2.75) is 19.3 Å². The summed E-state index contributed by atoms with van der Waals surface area (Å²) in [5, 5.41) is 8.39. The molecule has 0 radical (unpaired) electrons. The molecule has 3 rings (SSSR count). The van der Waals surface area contributed by atoms with Gasteiger partial charge in [0.15, 0.2) is 5.58 Å². The minimum Gasteiger partial charge on any atom is -0.356 e. The van der Waals surface area contributed by atoms with E-state index in [1.165, 1.54) is 25.0 Å². The summed E-state index contributed by atoms with van der Waals surface area (Å²) in [6.45, 7) is 2.15. The standard InChI is InChI=1S/C13H15FN2O/c14-10-3-4-11-12(16-17-13(11)7-10)6-9-2-1-5-15-8-9/h3-4,7,9,15H,1-2,5-6,8H2. The molecule has 1 unspecified atom stereocenters. The fraction of sp³-hybridized carbons (Fsp3) is 0.462. The van der Waals surface area contributed by atoms with Gasteiger partial charge in [0.1, 0.15) is 5.82 Å². The quantitative estimate of drug-likeness (QED) is 0.867. The Bertz CT molecular complexity index is 517. The minimum absolute atomic E-state index is 0.278. The van der Waals surface area contributed by atoms with E-state index in [4.69, 9.17) is 4.52 Å². The van der Waals surface area contributed by atoms with Gasteiger partial charge in [0.05, 0.1) is 5.69 Å². The molecule has 2 aromatic rings. The number of hydrogen-bond donors (Lipinski definition) is 1. The van der Waals surface area contributed by atoms with Gasteiger partial charge in [0, 0.05) is 11.5 Å². The van der Waals surface area contributed by atoms with Gasteiger partial charge >= 0.3 is 0 Å². The van der Waals surface area contributed by atoms with E-state index >= 15 is 0 Å². The lowest BCUT2D eigenvalue weighted by atomic mass is 9.94. The molecule has 3 nitrogen and oxygen atoms in total. The second-order valence-corrected chi connectivity index (χ2v) is 4.69. The predicted octanol–water partition coefficient (Wildman–Crippen LogP) is 2.51. The SMILES string of the molecule is Fc1ccc2c(CC3CCCNC3)noc2c1. The molecule has 1 aliphatic heterocycles. The summed E-state index contributed by atoms with van der Waals surface area (Å²) in [6.07, 6.45) is 3.35. The van der Waals surface area contributed by atoms with Gasteiger partial charge in [-0.1, -0.05) is 5.16 Å². The minimum atomic E-state index is -0.278. The smallest absolute Gasteiger partial charge is 0.170 e. The van der Waals surface area contributed by atoms with Crippen LogP contribution < -0.4 is 5.32 Å². The Hall–Kier alpha value is -1.42. The Balaban J connectivity index is 1.84. The Morgan fingerprint density at radius 1 is 1.47 bits per heavy atom. The maximum Gasteiger partial charge on any atom is 0.170 e. The van der Waals surface area contributed by atoms with Gasteiger partial charge in [0.2, 0.25) is 0 Å². The number of aromatic nitrogens is 1. The van der Waals surface area contributed by atoms with Crippen molar-refractivity contribution >= 4 is 11.0 Å². The number of benzene rings is 1. The van der Waals surface area contributed by atoms with Crippen LogP contribution in [-0.2, 0) is 6.42 Å². The maximum atomic E-state index is 13.0. The van der Waals surface area contributed by atoms with Gasteiger partial charge in [-0.15, -0.1) is 0 Å². The van der Waals surface area contributed by atoms with Crippen molar-refractivity contribution in [1.82, 2.24) is 10.5 Å². The summed E-state index contributed by atoms with van der Waals surface area (Å²) < 4.78 is 18.2. The first-order valence-corrected chi connectivity index (χ1v) is 6.07. The summed E-state index contributed by atoms with van der Waals surface area (Å²) in [7, 11) is 0. The van der Waals surface area contributed by atoms with Gasteiger partial charge in [0.25, 0.3) is 0 Å². The molecule has 1 aromatic heterocycles. The average Bonchev–Trinajstić information content (AvgIpc) is 2.73. The first-order valence-electron chi connectivity index (χ1n) is 6.07. The zero-order chi connectivity index (χ0) is 11.7. The van der Waals surface area contributed by atoms with Crippen LogP contribution in [-0.4, -0.2) is 18.2 Å². The monoisotopic (exact) mass is 234 g/mol. The van der Waals surface area contributed by atoms with Gasteiger partial charge in [-0.05, 0) is 50.4 Å². The molecule has 1 aromatic carbocycles. The molecule has 0 amide bonds. The summed E-state index contributed by atoms with van der Waals surface area (Å²) >= 11 is 0. The third-order valence-electron chi connectivity index (χ3n) is 3.39. The molecule has 17 heavy (non-hydrogen) atoms. The largest absolute Gasteiger partial charge is 0.356 e. The predicted molar refractivity (Wildman–Crippen MR) is 63.3 cm³/mol. The van der Waals surface area contributed by atoms with Gasteiger partial charge in [-0.25, -0.2) is 4.39 Å². The number of nitrogens with one attached hydrogen (secondary N) is 1. The fourth-order valence-electron chi connectivity index (χ4n) is 2.48. The van der Waals surface area contributed by atoms with Crippen molar-refractivity contribution in [3.8, 4) is 0 Å². The van der Waals surface area contributed by atoms with Crippen molar-refractivity contribution in [1.29, 1.82) is 0 Å². The summed E-state index contributed by atoms with van der Waals surface area (Å²) in [5.74, 6) is 0.335. The number of rotatable bonds is 2. The van der Waals surface area contributed by atoms with Crippen LogP contribution in [0.4, 0.5) is 4.39 Å². The molecule has 1 atom stereocenters. The molecular formula is C13H15FN2O. The first kappa shape index (κ1) is 10.7. The number of hydrogen-bond acceptors (Lipinski definition) is 3. The third kappa shape index (κ3) is 2.17. The van der Waals surface area contributed by atoms with Crippen molar-refractivity contribution in [3.63, 3.8) is 0 Å². The molecule has 1 aliphatic rings. The summed E-state index contributed by atoms with van der Waals surface area (Å²) in [6, 6.07) is 4.61. The van der Waals surface area contributed by atoms with Crippen molar-refractivity contribution in [2.75, 3.05) is 13.1 Å². The van der Waals surface area contributed by atoms with Crippen LogP contribution >= 0.6 is 0 Å². The Labute approximate surface area is 99.0 Å². The van der Waals surface area contributed by atoms with E-state index in [1.807, 2.05) is 0 Å². The molecule has 2 heterocycles. The Morgan fingerprint density at radius 2 is 2.41 bits per heavy atom. The molecule has 90 valence electrons. The molecular weight excluding hydrogens is 219 g/mol. The molecule has 0 saturated carbocycles. The van der Waals surface area contributed by atoms with Crippen LogP contribution in [0.2, 0.25) is 0 Å². The Morgan fingerprint density at radius 3 is 3.24 bits per heavy atom. The zero-order valence-electron chi connectivity index (χ0n) is 9.58. The molecule has 0 spiro atoms. The summed E-state index contributed by atoms with van der Waals surface area (Å²) in [4.78, 5) is 0. The molecule has 4 heteroatoms. The van der Waals surface area contributed by atoms with Crippen molar-refractivity contribution in [2.24, 2.45) is 5.92 Å². The molecule has 1 fully saturated rings. The zero-order valence-corrected chi connectivity index (χ0v) is 9.58. The van der Waals surface area contributed by atoms with E-state index in [1.54, 1.807) is 6.07 Å². The number of fused-ring (bicyclic) bond motifs is 1. The van der Waals surface area contributed by atoms with Crippen LogP contribution in [0, 0.1) is 11.7 Å². The van der Waals surface area contributed by atoms with E-state index < -0.39 is 0 Å². The van der Waals surface area contributed by atoms with Crippen LogP contribution in [0.3, 0.4) is 0 Å². The van der Waals surface area contributed by atoms with E-state index in [-0.39, 0.29) is 5.82 Å². The Kier molecular flexibility index (Phi) is 2.81. The summed E-state index contributed by atoms with van der Waals surface area (Å²) in [5.41, 5.74) is 1.50. The molecule has 0 bridgehead atoms. The van der Waals surface area contributed by atoms with E-state index in [2.05, 4.69) is 10.5 Å². The molecule has 0 aliphatic carbocycles. The van der Waals surface area contributed by atoms with Crippen molar-refractivity contribution in [3.05, 3.63) is 29.7 Å². The van der Waals surface area contributed by atoms with Gasteiger partial charge in [-0.2, -0.15) is 0 Å². The van der Waals surface area contributed by atoms with E-state index in [0.717, 1.165) is 30.6 Å². The third-order valence-corrected chi connectivity index (χ3v) is 3.39. The highest BCUT2D eigenvalue weighted by molar-refractivity contribution is 5.79. The lowest BCUT2D eigenvalue weighted by molar-refractivity contribution is 0.363. The van der Waals surface area contributed by atoms with Gasteiger partial charge in [-0.3, -0.25) is 0 Å². The highest BCUT2D eigenvalue weighted by Crippen LogP contribution is 2.23. The van der Waals surface area contributed by atoms with E-state index in [0.29, 0.717) is 11.5 Å². The van der Waals surface area contributed by atoms with E-state index in [9.17, 15) is 4.39 Å². The fourth-order valence-corrected chi connectivity index (χ4v) is 2.48.